The third kappa shape index (κ3) is 11.5. The monoisotopic (exact) mass is 446 g/mol. The fraction of sp³-hybridized carbons (Fsp3) is 0.818. The molecule has 0 rings (SSSR count). The molecule has 0 saturated heterocycles. The lowest BCUT2D eigenvalue weighted by Gasteiger charge is -2.29. The highest BCUT2D eigenvalue weighted by Gasteiger charge is 2.33. The summed E-state index contributed by atoms with van der Waals surface area (Å²) in [5.41, 5.74) is -3.90. The molecule has 32 heavy (non-hydrogen) atoms. The van der Waals surface area contributed by atoms with Gasteiger partial charge >= 0.3 is 0 Å². The van der Waals surface area contributed by atoms with Crippen LogP contribution in [0.15, 0.2) is 20.5 Å². The average molecular weight is 447 g/mol. The number of azo groups is 2. The summed E-state index contributed by atoms with van der Waals surface area (Å²) >= 11 is 0. The van der Waals surface area contributed by atoms with E-state index in [2.05, 4.69) is 20.5 Å². The first kappa shape index (κ1) is 29.1. The number of nitrogens with zero attached hydrogens (tertiary/aromatic N) is 6. The zero-order chi connectivity index (χ0) is 25.4. The largest absolute Gasteiger partial charge is 0.550 e. The van der Waals surface area contributed by atoms with Crippen LogP contribution in [-0.2, 0) is 9.59 Å². The van der Waals surface area contributed by atoms with Crippen molar-refractivity contribution in [3.05, 3.63) is 0 Å². The molecule has 10 heteroatoms. The minimum Gasteiger partial charge on any atom is -0.550 e. The highest BCUT2D eigenvalue weighted by molar-refractivity contribution is 5.69. The maximum absolute atomic E-state index is 11.7. The molecule has 0 fully saturated rings. The Morgan fingerprint density at radius 2 is 0.969 bits per heavy atom. The Morgan fingerprint density at radius 1 is 0.688 bits per heavy atom. The van der Waals surface area contributed by atoms with E-state index in [4.69, 9.17) is 0 Å². The van der Waals surface area contributed by atoms with E-state index in [-0.39, 0.29) is 25.7 Å². The van der Waals surface area contributed by atoms with Crippen LogP contribution < -0.4 is 10.2 Å². The third-order valence-electron chi connectivity index (χ3n) is 4.44. The van der Waals surface area contributed by atoms with E-state index in [1.54, 1.807) is 41.5 Å². The van der Waals surface area contributed by atoms with Crippen LogP contribution in [0.25, 0.3) is 0 Å². The summed E-state index contributed by atoms with van der Waals surface area (Å²) in [5, 5.41) is 58.6. The molecule has 0 amide bonds. The van der Waals surface area contributed by atoms with Crippen molar-refractivity contribution >= 4 is 11.9 Å². The van der Waals surface area contributed by atoms with Crippen LogP contribution in [0.5, 0.6) is 0 Å². The van der Waals surface area contributed by atoms with E-state index in [1.807, 2.05) is 12.1 Å². The molecule has 0 aromatic carbocycles. The van der Waals surface area contributed by atoms with Gasteiger partial charge in [-0.1, -0.05) is 0 Å². The quantitative estimate of drug-likeness (QED) is 0.439. The van der Waals surface area contributed by atoms with E-state index in [9.17, 15) is 30.3 Å². The van der Waals surface area contributed by atoms with Crippen molar-refractivity contribution in [3.8, 4) is 12.1 Å². The van der Waals surface area contributed by atoms with Crippen molar-refractivity contribution in [1.29, 1.82) is 10.5 Å². The molecule has 0 aromatic heterocycles. The number of nitriles is 2. The molecule has 0 saturated carbocycles. The lowest BCUT2D eigenvalue weighted by atomic mass is 9.82. The van der Waals surface area contributed by atoms with E-state index in [0.29, 0.717) is 0 Å². The van der Waals surface area contributed by atoms with Gasteiger partial charge in [0.2, 0.25) is 0 Å². The van der Waals surface area contributed by atoms with Crippen LogP contribution in [0.2, 0.25) is 0 Å². The highest BCUT2D eigenvalue weighted by Crippen LogP contribution is 2.30. The Bertz CT molecular complexity index is 744. The molecular formula is C22H34N6O4-2. The number of carbonyl (C=O) groups excluding carboxylic acids is 2. The molecule has 4 atom stereocenters. The van der Waals surface area contributed by atoms with Gasteiger partial charge in [0.1, 0.15) is 0 Å². The Labute approximate surface area is 190 Å². The number of carbonyl (C=O) groups is 2. The van der Waals surface area contributed by atoms with Crippen LogP contribution in [0.3, 0.4) is 0 Å². The van der Waals surface area contributed by atoms with Gasteiger partial charge in [0.25, 0.3) is 0 Å². The van der Waals surface area contributed by atoms with Gasteiger partial charge in [0.15, 0.2) is 11.1 Å². The standard InChI is InChI=1S/C22H36N6O4/c1-19(2,3)25-27-21(7,13-23)11-15(17(29)30)9-10-16(18(31)32)12-22(8,14-24)28-26-20(4,5)6/h15-16H,9-12H2,1-8H3,(H,29,30)(H,31,32)/p-2. The molecule has 178 valence electrons. The normalized spacial score (nSPS) is 18.3. The maximum atomic E-state index is 11.7. The van der Waals surface area contributed by atoms with Crippen LogP contribution in [0, 0.1) is 34.5 Å². The van der Waals surface area contributed by atoms with E-state index in [0.717, 1.165) is 0 Å². The van der Waals surface area contributed by atoms with Gasteiger partial charge in [-0.2, -0.15) is 31.0 Å². The van der Waals surface area contributed by atoms with Crippen LogP contribution in [-0.4, -0.2) is 34.1 Å². The van der Waals surface area contributed by atoms with Gasteiger partial charge in [-0.15, -0.1) is 0 Å². The average Bonchev–Trinajstić information content (AvgIpc) is 2.65. The van der Waals surface area contributed by atoms with Crippen molar-refractivity contribution < 1.29 is 19.8 Å². The minimum atomic E-state index is -1.41. The van der Waals surface area contributed by atoms with Gasteiger partial charge in [-0.3, -0.25) is 0 Å². The molecule has 4 unspecified atom stereocenters. The molecular weight excluding hydrogens is 412 g/mol. The van der Waals surface area contributed by atoms with Gasteiger partial charge in [-0.05, 0) is 81.1 Å². The Morgan fingerprint density at radius 3 is 1.16 bits per heavy atom. The van der Waals surface area contributed by atoms with Crippen LogP contribution >= 0.6 is 0 Å². The molecule has 0 aromatic rings. The maximum Gasteiger partial charge on any atom is 0.165 e. The number of hydrogen-bond acceptors (Lipinski definition) is 10. The lowest BCUT2D eigenvalue weighted by molar-refractivity contribution is -0.316. The molecule has 0 aliphatic rings. The number of rotatable bonds is 11. The summed E-state index contributed by atoms with van der Waals surface area (Å²) in [5.74, 6) is -5.09. The summed E-state index contributed by atoms with van der Waals surface area (Å²) in [6.07, 6.45) is -0.572. The first-order valence-corrected chi connectivity index (χ1v) is 10.5. The zero-order valence-corrected chi connectivity index (χ0v) is 20.3. The van der Waals surface area contributed by atoms with Gasteiger partial charge in [0.05, 0.1) is 23.2 Å². The first-order chi connectivity index (χ1) is 14.4. The molecule has 0 heterocycles. The summed E-state index contributed by atoms with van der Waals surface area (Å²) in [7, 11) is 0. The van der Waals surface area contributed by atoms with E-state index >= 15 is 0 Å². The summed E-state index contributed by atoms with van der Waals surface area (Å²) in [6.45, 7) is 13.7. The van der Waals surface area contributed by atoms with Crippen molar-refractivity contribution in [2.75, 3.05) is 0 Å². The van der Waals surface area contributed by atoms with Crippen molar-refractivity contribution in [2.24, 2.45) is 32.3 Å². The Kier molecular flexibility index (Phi) is 10.1. The predicted octanol–water partition coefficient (Wildman–Crippen LogP) is 2.34. The fourth-order valence-electron chi connectivity index (χ4n) is 2.71. The fourth-order valence-corrected chi connectivity index (χ4v) is 2.71. The van der Waals surface area contributed by atoms with Gasteiger partial charge in [0, 0.05) is 23.8 Å². The van der Waals surface area contributed by atoms with Crippen molar-refractivity contribution in [3.63, 3.8) is 0 Å². The number of hydrogen-bond donors (Lipinski definition) is 0. The predicted molar refractivity (Wildman–Crippen MR) is 113 cm³/mol. The Balaban J connectivity index is 5.53. The second-order valence-electron chi connectivity index (χ2n) is 10.5. The molecule has 0 N–H and O–H groups in total. The molecule has 0 bridgehead atoms. The summed E-state index contributed by atoms with van der Waals surface area (Å²) in [4.78, 5) is 23.4. The molecule has 0 spiro atoms. The smallest absolute Gasteiger partial charge is 0.165 e. The van der Waals surface area contributed by atoms with Gasteiger partial charge in [-0.25, -0.2) is 0 Å². The second-order valence-corrected chi connectivity index (χ2v) is 10.5. The topological polar surface area (TPSA) is 177 Å². The molecule has 0 aliphatic heterocycles. The van der Waals surface area contributed by atoms with Crippen LogP contribution in [0.1, 0.15) is 81.1 Å². The first-order valence-electron chi connectivity index (χ1n) is 10.5. The molecule has 10 nitrogen and oxygen atoms in total. The summed E-state index contributed by atoms with van der Waals surface area (Å²) in [6, 6.07) is 3.95. The zero-order valence-electron chi connectivity index (χ0n) is 20.3. The number of aliphatic carboxylic acids is 2. The van der Waals surface area contributed by atoms with Gasteiger partial charge < -0.3 is 19.8 Å². The molecule has 0 radical (unpaired) electrons. The second kappa shape index (κ2) is 11.1. The Hall–Kier alpha value is -2.88. The number of carboxylic acid groups (broad SMARTS) is 2. The highest BCUT2D eigenvalue weighted by atomic mass is 16.4. The SMILES string of the molecule is CC(C)(C)N=NC(C)(C#N)CC(CCC(CC(C)(C#N)N=NC(C)(C)C)C(=O)[O-])C(=O)[O-]. The third-order valence-corrected chi connectivity index (χ3v) is 4.44. The lowest BCUT2D eigenvalue weighted by Crippen LogP contribution is -2.39. The van der Waals surface area contributed by atoms with Crippen molar-refractivity contribution in [1.82, 2.24) is 0 Å². The molecule has 0 aliphatic carbocycles. The number of carboxylic acids is 2. The van der Waals surface area contributed by atoms with E-state index in [1.165, 1.54) is 13.8 Å². The van der Waals surface area contributed by atoms with E-state index < -0.39 is 45.9 Å². The summed E-state index contributed by atoms with van der Waals surface area (Å²) < 4.78 is 0. The van der Waals surface area contributed by atoms with Crippen molar-refractivity contribution in [2.45, 2.75) is 103 Å². The minimum absolute atomic E-state index is 0.0960. The van der Waals surface area contributed by atoms with Crippen LogP contribution in [0.4, 0.5) is 0 Å².